The van der Waals surface area contributed by atoms with E-state index in [0.717, 1.165) is 18.4 Å². The molecule has 0 aromatic heterocycles. The molecule has 1 aliphatic rings. The van der Waals surface area contributed by atoms with Gasteiger partial charge in [-0.25, -0.2) is 4.39 Å². The summed E-state index contributed by atoms with van der Waals surface area (Å²) in [5, 5.41) is 0. The van der Waals surface area contributed by atoms with Crippen LogP contribution in [0.1, 0.15) is 37.8 Å². The maximum atomic E-state index is 14.3. The van der Waals surface area contributed by atoms with Crippen molar-refractivity contribution in [3.05, 3.63) is 65.7 Å². The molecule has 0 unspecified atom stereocenters. The SMILES string of the molecule is CCCC1(F)COC(/C=C/c2ccc(-c3ccc(CC)cc3)cc2)OC1. The fourth-order valence-corrected chi connectivity index (χ4v) is 3.17. The number of alkyl halides is 1. The Labute approximate surface area is 155 Å². The van der Waals surface area contributed by atoms with Crippen LogP contribution >= 0.6 is 0 Å². The molecule has 0 aliphatic carbocycles. The van der Waals surface area contributed by atoms with Gasteiger partial charge in [0, 0.05) is 0 Å². The van der Waals surface area contributed by atoms with Gasteiger partial charge in [-0.1, -0.05) is 74.9 Å². The first kappa shape index (κ1) is 18.8. The second kappa shape index (κ2) is 8.61. The van der Waals surface area contributed by atoms with Gasteiger partial charge < -0.3 is 9.47 Å². The third-order valence-electron chi connectivity index (χ3n) is 4.76. The van der Waals surface area contributed by atoms with Crippen LogP contribution in [0.4, 0.5) is 4.39 Å². The molecule has 1 saturated heterocycles. The van der Waals surface area contributed by atoms with E-state index in [-0.39, 0.29) is 13.2 Å². The molecule has 138 valence electrons. The van der Waals surface area contributed by atoms with Crippen LogP contribution in [0, 0.1) is 0 Å². The van der Waals surface area contributed by atoms with Gasteiger partial charge in [-0.3, -0.25) is 0 Å². The summed E-state index contributed by atoms with van der Waals surface area (Å²) in [6.45, 7) is 4.33. The first-order valence-corrected chi connectivity index (χ1v) is 9.41. The maximum Gasteiger partial charge on any atom is 0.177 e. The summed E-state index contributed by atoms with van der Waals surface area (Å²) in [4.78, 5) is 0. The van der Waals surface area contributed by atoms with Crippen molar-refractivity contribution in [2.75, 3.05) is 13.2 Å². The van der Waals surface area contributed by atoms with Gasteiger partial charge in [0.15, 0.2) is 12.0 Å². The molecule has 0 N–H and O–H groups in total. The Morgan fingerprint density at radius 3 is 2.08 bits per heavy atom. The molecule has 0 atom stereocenters. The summed E-state index contributed by atoms with van der Waals surface area (Å²) in [5.41, 5.74) is 3.48. The minimum absolute atomic E-state index is 0.0997. The van der Waals surface area contributed by atoms with E-state index in [1.165, 1.54) is 16.7 Å². The number of aryl methyl sites for hydroxylation is 1. The lowest BCUT2D eigenvalue weighted by Crippen LogP contribution is -2.43. The molecule has 2 aromatic rings. The molecular formula is C23H27FO2. The molecular weight excluding hydrogens is 327 g/mol. The van der Waals surface area contributed by atoms with Crippen molar-refractivity contribution in [2.24, 2.45) is 0 Å². The summed E-state index contributed by atoms with van der Waals surface area (Å²) in [7, 11) is 0. The Balaban J connectivity index is 1.58. The number of rotatable bonds is 6. The van der Waals surface area contributed by atoms with E-state index < -0.39 is 12.0 Å². The van der Waals surface area contributed by atoms with E-state index >= 15 is 0 Å². The van der Waals surface area contributed by atoms with Gasteiger partial charge in [-0.2, -0.15) is 0 Å². The molecule has 26 heavy (non-hydrogen) atoms. The van der Waals surface area contributed by atoms with E-state index in [9.17, 15) is 4.39 Å². The summed E-state index contributed by atoms with van der Waals surface area (Å²) >= 11 is 0. The van der Waals surface area contributed by atoms with Gasteiger partial charge in [-0.15, -0.1) is 0 Å². The number of benzene rings is 2. The summed E-state index contributed by atoms with van der Waals surface area (Å²) in [6.07, 6.45) is 5.64. The van der Waals surface area contributed by atoms with Gasteiger partial charge in [0.1, 0.15) is 0 Å². The molecule has 2 nitrogen and oxygen atoms in total. The van der Waals surface area contributed by atoms with Crippen LogP contribution in [0.3, 0.4) is 0 Å². The van der Waals surface area contributed by atoms with Crippen LogP contribution in [0.5, 0.6) is 0 Å². The van der Waals surface area contributed by atoms with Crippen LogP contribution < -0.4 is 0 Å². The second-order valence-corrected chi connectivity index (χ2v) is 6.92. The zero-order valence-electron chi connectivity index (χ0n) is 15.6. The van der Waals surface area contributed by atoms with Crippen molar-refractivity contribution in [1.29, 1.82) is 0 Å². The number of hydrogen-bond donors (Lipinski definition) is 0. The predicted molar refractivity (Wildman–Crippen MR) is 105 cm³/mol. The summed E-state index contributed by atoms with van der Waals surface area (Å²) < 4.78 is 25.3. The minimum Gasteiger partial charge on any atom is -0.346 e. The number of ether oxygens (including phenoxy) is 2. The molecule has 2 aromatic carbocycles. The van der Waals surface area contributed by atoms with Crippen molar-refractivity contribution in [3.8, 4) is 11.1 Å². The lowest BCUT2D eigenvalue weighted by Gasteiger charge is -2.32. The van der Waals surface area contributed by atoms with Crippen LogP contribution in [0.2, 0.25) is 0 Å². The van der Waals surface area contributed by atoms with Crippen LogP contribution in [-0.2, 0) is 15.9 Å². The van der Waals surface area contributed by atoms with Crippen molar-refractivity contribution < 1.29 is 13.9 Å². The van der Waals surface area contributed by atoms with E-state index in [2.05, 4.69) is 55.5 Å². The van der Waals surface area contributed by atoms with Crippen LogP contribution in [0.15, 0.2) is 54.6 Å². The second-order valence-electron chi connectivity index (χ2n) is 6.92. The highest BCUT2D eigenvalue weighted by atomic mass is 19.1. The molecule has 0 bridgehead atoms. The highest BCUT2D eigenvalue weighted by Crippen LogP contribution is 2.26. The third kappa shape index (κ3) is 4.80. The quantitative estimate of drug-likeness (QED) is 0.652. The largest absolute Gasteiger partial charge is 0.346 e. The van der Waals surface area contributed by atoms with E-state index in [1.54, 1.807) is 0 Å². The molecule has 0 radical (unpaired) electrons. The summed E-state index contributed by atoms with van der Waals surface area (Å²) in [5.74, 6) is 0. The average Bonchev–Trinajstić information content (AvgIpc) is 2.68. The monoisotopic (exact) mass is 354 g/mol. The highest BCUT2D eigenvalue weighted by molar-refractivity contribution is 5.66. The molecule has 3 rings (SSSR count). The number of halogens is 1. The predicted octanol–water partition coefficient (Wildman–Crippen LogP) is 5.81. The molecule has 0 saturated carbocycles. The fourth-order valence-electron chi connectivity index (χ4n) is 3.17. The lowest BCUT2D eigenvalue weighted by molar-refractivity contribution is -0.212. The highest BCUT2D eigenvalue weighted by Gasteiger charge is 2.35. The van der Waals surface area contributed by atoms with Gasteiger partial charge in [0.25, 0.3) is 0 Å². The zero-order chi connectivity index (χ0) is 18.4. The van der Waals surface area contributed by atoms with Gasteiger partial charge in [0.05, 0.1) is 13.2 Å². The Bertz CT molecular complexity index is 711. The standard InChI is InChI=1S/C23H27FO2/c1-3-15-23(24)16-25-22(26-17-23)14-9-19-7-12-21(13-8-19)20-10-5-18(4-2)6-11-20/h5-14,22H,3-4,15-17H2,1-2H3/b14-9+. The zero-order valence-corrected chi connectivity index (χ0v) is 15.6. The van der Waals surface area contributed by atoms with E-state index in [1.807, 2.05) is 19.1 Å². The first-order valence-electron chi connectivity index (χ1n) is 9.41. The maximum absolute atomic E-state index is 14.3. The molecule has 3 heteroatoms. The van der Waals surface area contributed by atoms with E-state index in [4.69, 9.17) is 9.47 Å². The third-order valence-corrected chi connectivity index (χ3v) is 4.76. The van der Waals surface area contributed by atoms with Crippen LogP contribution in [-0.4, -0.2) is 25.2 Å². The Morgan fingerprint density at radius 1 is 0.962 bits per heavy atom. The topological polar surface area (TPSA) is 18.5 Å². The van der Waals surface area contributed by atoms with Gasteiger partial charge in [-0.05, 0) is 41.2 Å². The van der Waals surface area contributed by atoms with Crippen molar-refractivity contribution >= 4 is 6.08 Å². The summed E-state index contributed by atoms with van der Waals surface area (Å²) in [6, 6.07) is 17.0. The first-order chi connectivity index (χ1) is 12.6. The molecule has 1 fully saturated rings. The fraction of sp³-hybridized carbons (Fsp3) is 0.391. The molecule has 0 spiro atoms. The normalized spacial score (nSPS) is 23.4. The molecule has 1 heterocycles. The van der Waals surface area contributed by atoms with Crippen LogP contribution in [0.25, 0.3) is 17.2 Å². The lowest BCUT2D eigenvalue weighted by atomic mass is 10.0. The Kier molecular flexibility index (Phi) is 6.23. The Morgan fingerprint density at radius 2 is 1.54 bits per heavy atom. The van der Waals surface area contributed by atoms with Gasteiger partial charge >= 0.3 is 0 Å². The average molecular weight is 354 g/mol. The van der Waals surface area contributed by atoms with E-state index in [0.29, 0.717) is 6.42 Å². The smallest absolute Gasteiger partial charge is 0.177 e. The van der Waals surface area contributed by atoms with Crippen molar-refractivity contribution in [3.63, 3.8) is 0 Å². The van der Waals surface area contributed by atoms with Crippen molar-refractivity contribution in [2.45, 2.75) is 45.1 Å². The molecule has 0 amide bonds. The minimum atomic E-state index is -1.34. The van der Waals surface area contributed by atoms with Gasteiger partial charge in [0.2, 0.25) is 0 Å². The Hall–Kier alpha value is -1.97. The van der Waals surface area contributed by atoms with Crippen molar-refractivity contribution in [1.82, 2.24) is 0 Å². The molecule has 1 aliphatic heterocycles. The number of hydrogen-bond acceptors (Lipinski definition) is 2.